The maximum atomic E-state index is 12.7. The van der Waals surface area contributed by atoms with Crippen LogP contribution in [0.1, 0.15) is 30.9 Å². The Balaban J connectivity index is 1.95. The van der Waals surface area contributed by atoms with Gasteiger partial charge in [0.1, 0.15) is 6.33 Å². The zero-order valence-corrected chi connectivity index (χ0v) is 13.9. The van der Waals surface area contributed by atoms with Gasteiger partial charge in [-0.25, -0.2) is 9.67 Å². The summed E-state index contributed by atoms with van der Waals surface area (Å²) in [7, 11) is 0. The van der Waals surface area contributed by atoms with Crippen LogP contribution in [0.4, 0.5) is 19.1 Å². The standard InChI is InChI=1S/C15H18F3N5S/c1-2-3-7-19-14(24)21-13-20-10-23(22-13)9-11-5-4-6-12(8-11)15(16,17)18/h4-6,8,10H,2-3,7,9H2,1H3,(H2,19,21,22,24). The smallest absolute Gasteiger partial charge is 0.362 e. The molecular formula is C15H18F3N5S. The second kappa shape index (κ2) is 8.09. The molecule has 0 aliphatic carbocycles. The fourth-order valence-corrected chi connectivity index (χ4v) is 2.18. The van der Waals surface area contributed by atoms with E-state index in [0.717, 1.165) is 31.5 Å². The van der Waals surface area contributed by atoms with Gasteiger partial charge in [-0.15, -0.1) is 5.10 Å². The Kier molecular flexibility index (Phi) is 6.13. The predicted molar refractivity (Wildman–Crippen MR) is 89.7 cm³/mol. The van der Waals surface area contributed by atoms with Crippen LogP contribution in [-0.2, 0) is 12.7 Å². The normalized spacial score (nSPS) is 11.3. The van der Waals surface area contributed by atoms with Crippen LogP contribution in [-0.4, -0.2) is 26.4 Å². The van der Waals surface area contributed by atoms with Crippen molar-refractivity contribution in [3.63, 3.8) is 0 Å². The minimum Gasteiger partial charge on any atom is -0.362 e. The van der Waals surface area contributed by atoms with Crippen molar-refractivity contribution in [2.24, 2.45) is 0 Å². The molecule has 0 amide bonds. The zero-order valence-electron chi connectivity index (χ0n) is 13.1. The van der Waals surface area contributed by atoms with Crippen LogP contribution in [0.25, 0.3) is 0 Å². The lowest BCUT2D eigenvalue weighted by Gasteiger charge is -2.08. The van der Waals surface area contributed by atoms with Gasteiger partial charge in [0.05, 0.1) is 12.1 Å². The number of thiocarbonyl (C=S) groups is 1. The molecule has 130 valence electrons. The Morgan fingerprint density at radius 3 is 2.83 bits per heavy atom. The maximum absolute atomic E-state index is 12.7. The third kappa shape index (κ3) is 5.48. The summed E-state index contributed by atoms with van der Waals surface area (Å²) in [5, 5.41) is 10.4. The van der Waals surface area contributed by atoms with Crippen LogP contribution in [0.15, 0.2) is 30.6 Å². The summed E-state index contributed by atoms with van der Waals surface area (Å²) in [6, 6.07) is 5.13. The predicted octanol–water partition coefficient (Wildman–Crippen LogP) is 3.43. The Bertz CT molecular complexity index is 684. The summed E-state index contributed by atoms with van der Waals surface area (Å²) in [6.45, 7) is 3.02. The molecule has 0 fully saturated rings. The van der Waals surface area contributed by atoms with Gasteiger partial charge < -0.3 is 5.32 Å². The molecule has 0 saturated heterocycles. The van der Waals surface area contributed by atoms with Gasteiger partial charge in [0, 0.05) is 6.54 Å². The highest BCUT2D eigenvalue weighted by Gasteiger charge is 2.30. The minimum atomic E-state index is -4.36. The second-order valence-corrected chi connectivity index (χ2v) is 5.61. The molecule has 0 spiro atoms. The van der Waals surface area contributed by atoms with E-state index in [9.17, 15) is 13.2 Å². The SMILES string of the molecule is CCCCNC(=S)Nc1ncn(Cc2cccc(C(F)(F)F)c2)n1. The first-order chi connectivity index (χ1) is 11.4. The number of hydrogen-bond acceptors (Lipinski definition) is 3. The molecule has 0 radical (unpaired) electrons. The number of aromatic nitrogens is 3. The largest absolute Gasteiger partial charge is 0.416 e. The number of unbranched alkanes of at least 4 members (excludes halogenated alkanes) is 1. The van der Waals surface area contributed by atoms with Crippen molar-refractivity contribution < 1.29 is 13.2 Å². The average Bonchev–Trinajstić information content (AvgIpc) is 2.94. The van der Waals surface area contributed by atoms with Gasteiger partial charge in [-0.1, -0.05) is 25.5 Å². The maximum Gasteiger partial charge on any atom is 0.416 e. The molecular weight excluding hydrogens is 339 g/mol. The van der Waals surface area contributed by atoms with Gasteiger partial charge in [-0.3, -0.25) is 5.32 Å². The molecule has 0 unspecified atom stereocenters. The molecule has 2 aromatic rings. The molecule has 0 aliphatic heterocycles. The van der Waals surface area contributed by atoms with E-state index in [-0.39, 0.29) is 6.54 Å². The lowest BCUT2D eigenvalue weighted by atomic mass is 10.1. The molecule has 1 aromatic carbocycles. The summed E-state index contributed by atoms with van der Waals surface area (Å²) in [5.74, 6) is 0.302. The van der Waals surface area contributed by atoms with Gasteiger partial charge >= 0.3 is 6.18 Å². The van der Waals surface area contributed by atoms with Crippen LogP contribution in [0.5, 0.6) is 0 Å². The van der Waals surface area contributed by atoms with Crippen LogP contribution < -0.4 is 10.6 Å². The van der Waals surface area contributed by atoms with Crippen molar-refractivity contribution in [1.82, 2.24) is 20.1 Å². The molecule has 0 aliphatic rings. The Morgan fingerprint density at radius 2 is 2.12 bits per heavy atom. The number of nitrogens with one attached hydrogen (secondary N) is 2. The molecule has 24 heavy (non-hydrogen) atoms. The van der Waals surface area contributed by atoms with E-state index in [0.29, 0.717) is 16.6 Å². The van der Waals surface area contributed by atoms with Crippen LogP contribution in [0.3, 0.4) is 0 Å². The average molecular weight is 357 g/mol. The minimum absolute atomic E-state index is 0.189. The molecule has 1 heterocycles. The van der Waals surface area contributed by atoms with E-state index >= 15 is 0 Å². The number of halogens is 3. The van der Waals surface area contributed by atoms with E-state index in [1.54, 1.807) is 6.07 Å². The van der Waals surface area contributed by atoms with Gasteiger partial charge in [-0.2, -0.15) is 13.2 Å². The molecule has 5 nitrogen and oxygen atoms in total. The fraction of sp³-hybridized carbons (Fsp3) is 0.400. The van der Waals surface area contributed by atoms with Crippen molar-refractivity contribution in [1.29, 1.82) is 0 Å². The number of benzene rings is 1. The van der Waals surface area contributed by atoms with Crippen molar-refractivity contribution in [2.45, 2.75) is 32.5 Å². The lowest BCUT2D eigenvalue weighted by Crippen LogP contribution is -2.29. The first-order valence-electron chi connectivity index (χ1n) is 7.49. The van der Waals surface area contributed by atoms with Gasteiger partial charge in [0.15, 0.2) is 5.11 Å². The topological polar surface area (TPSA) is 54.8 Å². The quantitative estimate of drug-likeness (QED) is 0.613. The summed E-state index contributed by atoms with van der Waals surface area (Å²) in [6.07, 6.45) is -0.864. The highest BCUT2D eigenvalue weighted by atomic mass is 32.1. The first kappa shape index (κ1) is 18.2. The zero-order chi connectivity index (χ0) is 17.6. The van der Waals surface area contributed by atoms with Gasteiger partial charge in [-0.05, 0) is 36.3 Å². The highest BCUT2D eigenvalue weighted by molar-refractivity contribution is 7.80. The van der Waals surface area contributed by atoms with E-state index in [2.05, 4.69) is 27.6 Å². The molecule has 1 aromatic heterocycles. The summed E-state index contributed by atoms with van der Waals surface area (Å²) in [4.78, 5) is 4.04. The monoisotopic (exact) mass is 357 g/mol. The molecule has 0 atom stereocenters. The van der Waals surface area contributed by atoms with E-state index < -0.39 is 11.7 Å². The van der Waals surface area contributed by atoms with E-state index in [4.69, 9.17) is 12.2 Å². The Hall–Kier alpha value is -2.16. The van der Waals surface area contributed by atoms with Gasteiger partial charge in [0.25, 0.3) is 0 Å². The number of alkyl halides is 3. The number of rotatable bonds is 6. The van der Waals surface area contributed by atoms with Crippen LogP contribution >= 0.6 is 12.2 Å². The number of anilines is 1. The van der Waals surface area contributed by atoms with E-state index in [1.807, 2.05) is 0 Å². The van der Waals surface area contributed by atoms with Crippen molar-refractivity contribution >= 4 is 23.3 Å². The summed E-state index contributed by atoms with van der Waals surface area (Å²) >= 11 is 5.11. The third-order valence-corrected chi connectivity index (χ3v) is 3.42. The fourth-order valence-electron chi connectivity index (χ4n) is 1.99. The number of nitrogens with zero attached hydrogens (tertiary/aromatic N) is 3. The van der Waals surface area contributed by atoms with Crippen LogP contribution in [0, 0.1) is 0 Å². The highest BCUT2D eigenvalue weighted by Crippen LogP contribution is 2.29. The Labute approximate surface area is 143 Å². The third-order valence-electron chi connectivity index (χ3n) is 3.18. The summed E-state index contributed by atoms with van der Waals surface area (Å²) < 4.78 is 39.6. The molecule has 2 N–H and O–H groups in total. The lowest BCUT2D eigenvalue weighted by molar-refractivity contribution is -0.137. The number of hydrogen-bond donors (Lipinski definition) is 2. The van der Waals surface area contributed by atoms with E-state index in [1.165, 1.54) is 17.1 Å². The van der Waals surface area contributed by atoms with Crippen LogP contribution in [0.2, 0.25) is 0 Å². The molecule has 2 rings (SSSR count). The summed E-state index contributed by atoms with van der Waals surface area (Å²) in [5.41, 5.74) is -0.190. The van der Waals surface area contributed by atoms with Crippen molar-refractivity contribution in [3.05, 3.63) is 41.7 Å². The van der Waals surface area contributed by atoms with Crippen molar-refractivity contribution in [3.8, 4) is 0 Å². The second-order valence-electron chi connectivity index (χ2n) is 5.20. The Morgan fingerprint density at radius 1 is 1.33 bits per heavy atom. The first-order valence-corrected chi connectivity index (χ1v) is 7.89. The van der Waals surface area contributed by atoms with Gasteiger partial charge in [0.2, 0.25) is 5.95 Å². The molecule has 9 heteroatoms. The van der Waals surface area contributed by atoms with Crippen molar-refractivity contribution in [2.75, 3.05) is 11.9 Å². The molecule has 0 bridgehead atoms. The molecule has 0 saturated carbocycles.